The van der Waals surface area contributed by atoms with Crippen molar-refractivity contribution in [1.29, 1.82) is 0 Å². The predicted molar refractivity (Wildman–Crippen MR) is 67.3 cm³/mol. The summed E-state index contributed by atoms with van der Waals surface area (Å²) in [6.07, 6.45) is 0.677. The van der Waals surface area contributed by atoms with Crippen molar-refractivity contribution in [3.8, 4) is 0 Å². The van der Waals surface area contributed by atoms with Crippen molar-refractivity contribution >= 4 is 5.91 Å². The minimum Gasteiger partial charge on any atom is -0.340 e. The monoisotopic (exact) mass is 226 g/mol. The molecule has 1 fully saturated rings. The molecule has 3 heteroatoms. The van der Waals surface area contributed by atoms with Crippen LogP contribution in [0.15, 0.2) is 0 Å². The molecule has 1 rings (SSSR count). The lowest BCUT2D eigenvalue weighted by molar-refractivity contribution is -0.134. The molecule has 0 aliphatic carbocycles. The highest BCUT2D eigenvalue weighted by Crippen LogP contribution is 2.28. The van der Waals surface area contributed by atoms with E-state index in [2.05, 4.69) is 39.9 Å². The molecule has 1 N–H and O–H groups in total. The average Bonchev–Trinajstić information content (AvgIpc) is 2.16. The summed E-state index contributed by atoms with van der Waals surface area (Å²) in [5.41, 5.74) is 0.218. The van der Waals surface area contributed by atoms with Crippen LogP contribution in [0.25, 0.3) is 0 Å². The quantitative estimate of drug-likeness (QED) is 0.779. The molecule has 2 atom stereocenters. The summed E-state index contributed by atoms with van der Waals surface area (Å²) in [5, 5.41) is 3.36. The van der Waals surface area contributed by atoms with Gasteiger partial charge in [-0.25, -0.2) is 0 Å². The third-order valence-electron chi connectivity index (χ3n) is 3.68. The highest BCUT2D eigenvalue weighted by molar-refractivity contribution is 5.76. The highest BCUT2D eigenvalue weighted by atomic mass is 16.2. The van der Waals surface area contributed by atoms with Crippen LogP contribution in [0.5, 0.6) is 0 Å². The van der Waals surface area contributed by atoms with Gasteiger partial charge in [-0.05, 0) is 18.3 Å². The minimum atomic E-state index is 0.218. The van der Waals surface area contributed by atoms with E-state index in [1.54, 1.807) is 0 Å². The third-order valence-corrected chi connectivity index (χ3v) is 3.68. The Morgan fingerprint density at radius 2 is 2.12 bits per heavy atom. The van der Waals surface area contributed by atoms with E-state index in [4.69, 9.17) is 0 Å². The molecule has 0 bridgehead atoms. The summed E-state index contributed by atoms with van der Waals surface area (Å²) in [4.78, 5) is 14.1. The molecule has 0 saturated carbocycles. The molecule has 0 aromatic heterocycles. The Morgan fingerprint density at radius 3 is 2.62 bits per heavy atom. The summed E-state index contributed by atoms with van der Waals surface area (Å²) in [7, 11) is 0. The van der Waals surface area contributed by atoms with E-state index in [-0.39, 0.29) is 5.41 Å². The van der Waals surface area contributed by atoms with Crippen molar-refractivity contribution in [3.63, 3.8) is 0 Å². The number of nitrogens with zero attached hydrogens (tertiary/aromatic N) is 1. The van der Waals surface area contributed by atoms with Crippen LogP contribution in [0.2, 0.25) is 0 Å². The first-order valence-electron chi connectivity index (χ1n) is 6.32. The van der Waals surface area contributed by atoms with E-state index < -0.39 is 0 Å². The molecule has 1 aliphatic rings. The van der Waals surface area contributed by atoms with Crippen molar-refractivity contribution in [1.82, 2.24) is 10.2 Å². The van der Waals surface area contributed by atoms with Crippen LogP contribution in [-0.2, 0) is 4.79 Å². The second kappa shape index (κ2) is 5.17. The number of hydrogen-bond acceptors (Lipinski definition) is 2. The standard InChI is InChI=1S/C13H26N2O/c1-10(13(3,4)5)8-12(16)15-7-6-14-11(2)9-15/h10-11,14H,6-9H2,1-5H3. The first-order chi connectivity index (χ1) is 7.30. The van der Waals surface area contributed by atoms with Gasteiger partial charge in [-0.3, -0.25) is 4.79 Å². The molecule has 3 nitrogen and oxygen atoms in total. The first kappa shape index (κ1) is 13.5. The van der Waals surface area contributed by atoms with E-state index >= 15 is 0 Å². The molecule has 0 aromatic carbocycles. The largest absolute Gasteiger partial charge is 0.340 e. The number of nitrogens with one attached hydrogen (secondary N) is 1. The van der Waals surface area contributed by atoms with E-state index in [9.17, 15) is 4.79 Å². The van der Waals surface area contributed by atoms with Crippen molar-refractivity contribution in [2.24, 2.45) is 11.3 Å². The van der Waals surface area contributed by atoms with E-state index in [1.165, 1.54) is 0 Å². The lowest BCUT2D eigenvalue weighted by Gasteiger charge is -2.34. The molecular formula is C13H26N2O. The molecule has 0 aromatic rings. The van der Waals surface area contributed by atoms with Crippen LogP contribution in [0.4, 0.5) is 0 Å². The van der Waals surface area contributed by atoms with E-state index in [0.29, 0.717) is 24.3 Å². The van der Waals surface area contributed by atoms with Gasteiger partial charge in [0.05, 0.1) is 0 Å². The second-order valence-corrected chi connectivity index (χ2v) is 6.17. The smallest absolute Gasteiger partial charge is 0.222 e. The van der Waals surface area contributed by atoms with Crippen molar-refractivity contribution in [3.05, 3.63) is 0 Å². The van der Waals surface area contributed by atoms with Gasteiger partial charge in [0.2, 0.25) is 5.91 Å². The fourth-order valence-electron chi connectivity index (χ4n) is 1.86. The van der Waals surface area contributed by atoms with Gasteiger partial charge in [0.1, 0.15) is 0 Å². The van der Waals surface area contributed by atoms with Crippen molar-refractivity contribution in [2.45, 2.75) is 47.1 Å². The zero-order valence-electron chi connectivity index (χ0n) is 11.3. The zero-order chi connectivity index (χ0) is 12.3. The average molecular weight is 226 g/mol. The molecule has 1 heterocycles. The Morgan fingerprint density at radius 1 is 1.50 bits per heavy atom. The van der Waals surface area contributed by atoms with Gasteiger partial charge in [-0.2, -0.15) is 0 Å². The zero-order valence-corrected chi connectivity index (χ0v) is 11.3. The maximum Gasteiger partial charge on any atom is 0.222 e. The van der Waals surface area contributed by atoms with Crippen LogP contribution < -0.4 is 5.32 Å². The van der Waals surface area contributed by atoms with Gasteiger partial charge in [0.25, 0.3) is 0 Å². The van der Waals surface area contributed by atoms with Gasteiger partial charge < -0.3 is 10.2 Å². The maximum absolute atomic E-state index is 12.1. The van der Waals surface area contributed by atoms with Crippen LogP contribution in [-0.4, -0.2) is 36.5 Å². The normalized spacial score (nSPS) is 24.3. The number of piperazine rings is 1. The van der Waals surface area contributed by atoms with Gasteiger partial charge in [-0.1, -0.05) is 27.7 Å². The number of hydrogen-bond donors (Lipinski definition) is 1. The third kappa shape index (κ3) is 3.78. The SMILES string of the molecule is CC1CN(C(=O)CC(C)C(C)(C)C)CCN1. The Kier molecular flexibility index (Phi) is 4.36. The van der Waals surface area contributed by atoms with E-state index in [1.807, 2.05) is 4.90 Å². The van der Waals surface area contributed by atoms with Gasteiger partial charge in [0.15, 0.2) is 0 Å². The van der Waals surface area contributed by atoms with Crippen molar-refractivity contribution in [2.75, 3.05) is 19.6 Å². The predicted octanol–water partition coefficient (Wildman–Crippen LogP) is 1.88. The summed E-state index contributed by atoms with van der Waals surface area (Å²) < 4.78 is 0. The Labute approximate surface area is 99.6 Å². The number of rotatable bonds is 2. The first-order valence-corrected chi connectivity index (χ1v) is 6.32. The minimum absolute atomic E-state index is 0.218. The lowest BCUT2D eigenvalue weighted by atomic mass is 9.80. The second-order valence-electron chi connectivity index (χ2n) is 6.17. The molecule has 1 aliphatic heterocycles. The Bertz CT molecular complexity index is 245. The fourth-order valence-corrected chi connectivity index (χ4v) is 1.86. The van der Waals surface area contributed by atoms with Crippen LogP contribution >= 0.6 is 0 Å². The number of amides is 1. The Balaban J connectivity index is 2.46. The molecule has 0 radical (unpaired) electrons. The summed E-state index contributed by atoms with van der Waals surface area (Å²) in [5.74, 6) is 0.751. The van der Waals surface area contributed by atoms with Gasteiger partial charge >= 0.3 is 0 Å². The molecule has 1 saturated heterocycles. The summed E-state index contributed by atoms with van der Waals surface area (Å²) >= 11 is 0. The van der Waals surface area contributed by atoms with Gasteiger partial charge in [0, 0.05) is 32.1 Å². The maximum atomic E-state index is 12.1. The molecule has 1 amide bonds. The van der Waals surface area contributed by atoms with Crippen LogP contribution in [0.3, 0.4) is 0 Å². The molecule has 94 valence electrons. The molecule has 16 heavy (non-hydrogen) atoms. The molecule has 2 unspecified atom stereocenters. The molecule has 0 spiro atoms. The van der Waals surface area contributed by atoms with Crippen LogP contribution in [0, 0.1) is 11.3 Å². The topological polar surface area (TPSA) is 32.3 Å². The lowest BCUT2D eigenvalue weighted by Crippen LogP contribution is -2.51. The fraction of sp³-hybridized carbons (Fsp3) is 0.923. The summed E-state index contributed by atoms with van der Waals surface area (Å²) in [6.45, 7) is 13.5. The molecular weight excluding hydrogens is 200 g/mol. The van der Waals surface area contributed by atoms with Crippen molar-refractivity contribution < 1.29 is 4.79 Å². The van der Waals surface area contributed by atoms with Gasteiger partial charge in [-0.15, -0.1) is 0 Å². The summed E-state index contributed by atoms with van der Waals surface area (Å²) in [6, 6.07) is 0.433. The number of carbonyl (C=O) groups is 1. The number of carbonyl (C=O) groups excluding carboxylic acids is 1. The van der Waals surface area contributed by atoms with Crippen LogP contribution in [0.1, 0.15) is 41.0 Å². The van der Waals surface area contributed by atoms with E-state index in [0.717, 1.165) is 19.6 Å². The Hall–Kier alpha value is -0.570. The highest BCUT2D eigenvalue weighted by Gasteiger charge is 2.26.